The minimum atomic E-state index is -0.581. The summed E-state index contributed by atoms with van der Waals surface area (Å²) in [5.74, 6) is -0.876. The third-order valence-electron chi connectivity index (χ3n) is 2.03. The van der Waals surface area contributed by atoms with Crippen LogP contribution in [0.5, 0.6) is 5.75 Å². The lowest BCUT2D eigenvalue weighted by atomic mass is 10.0. The number of halogens is 1. The van der Waals surface area contributed by atoms with E-state index in [0.29, 0.717) is 5.56 Å². The van der Waals surface area contributed by atoms with Crippen molar-refractivity contribution < 1.29 is 13.9 Å². The van der Waals surface area contributed by atoms with Crippen molar-refractivity contribution >= 4 is 5.91 Å². The molecule has 1 rings (SSSR count). The summed E-state index contributed by atoms with van der Waals surface area (Å²) in [5, 5.41) is 0. The molecule has 0 aliphatic carbocycles. The number of hydrogen-bond donors (Lipinski definition) is 2. The molecule has 0 aliphatic heterocycles. The summed E-state index contributed by atoms with van der Waals surface area (Å²) in [6, 6.07) is 3.73. The third-order valence-corrected chi connectivity index (χ3v) is 2.03. The van der Waals surface area contributed by atoms with Crippen molar-refractivity contribution in [2.45, 2.75) is 12.5 Å². The average molecular weight is 212 g/mol. The molecule has 0 aliphatic rings. The van der Waals surface area contributed by atoms with Gasteiger partial charge in [0.15, 0.2) is 11.6 Å². The Balaban J connectivity index is 2.87. The van der Waals surface area contributed by atoms with Crippen LogP contribution in [0.3, 0.4) is 0 Å². The summed E-state index contributed by atoms with van der Waals surface area (Å²) in [6.07, 6.45) is -0.00817. The van der Waals surface area contributed by atoms with E-state index in [9.17, 15) is 9.18 Å². The molecule has 0 spiro atoms. The number of ether oxygens (including phenoxy) is 1. The summed E-state index contributed by atoms with van der Waals surface area (Å²) in [6.45, 7) is 0. The molecule has 0 radical (unpaired) electrons. The maximum absolute atomic E-state index is 13.3. The Labute approximate surface area is 87.0 Å². The van der Waals surface area contributed by atoms with Crippen molar-refractivity contribution in [2.75, 3.05) is 7.11 Å². The predicted molar refractivity (Wildman–Crippen MR) is 53.7 cm³/mol. The van der Waals surface area contributed by atoms with Crippen LogP contribution in [0, 0.1) is 5.82 Å². The summed E-state index contributed by atoms with van der Waals surface area (Å²) < 4.78 is 18.0. The largest absolute Gasteiger partial charge is 0.494 e. The molecule has 0 bridgehead atoms. The predicted octanol–water partition coefficient (Wildman–Crippen LogP) is 0.710. The van der Waals surface area contributed by atoms with Gasteiger partial charge in [0.2, 0.25) is 5.91 Å². The number of amides is 1. The summed E-state index contributed by atoms with van der Waals surface area (Å²) in [4.78, 5) is 10.6. The summed E-state index contributed by atoms with van der Waals surface area (Å²) in [7, 11) is 1.38. The lowest BCUT2D eigenvalue weighted by molar-refractivity contribution is -0.118. The zero-order valence-electron chi connectivity index (χ0n) is 8.37. The Morgan fingerprint density at radius 1 is 1.60 bits per heavy atom. The van der Waals surface area contributed by atoms with Crippen molar-refractivity contribution in [1.29, 1.82) is 0 Å². The molecule has 1 atom stereocenters. The Kier molecular flexibility index (Phi) is 3.62. The minimum Gasteiger partial charge on any atom is -0.494 e. The van der Waals surface area contributed by atoms with Crippen LogP contribution in [-0.4, -0.2) is 13.0 Å². The highest BCUT2D eigenvalue weighted by atomic mass is 19.1. The third kappa shape index (κ3) is 2.92. The highest BCUT2D eigenvalue weighted by Crippen LogP contribution is 2.21. The minimum absolute atomic E-state index is 0.00817. The highest BCUT2D eigenvalue weighted by Gasteiger charge is 2.11. The molecule has 4 nitrogen and oxygen atoms in total. The maximum Gasteiger partial charge on any atom is 0.219 e. The Hall–Kier alpha value is -1.62. The van der Waals surface area contributed by atoms with E-state index >= 15 is 0 Å². The SMILES string of the molecule is COc1ccc([C@H](N)CC(N)=O)cc1F. The van der Waals surface area contributed by atoms with Crippen LogP contribution in [0.4, 0.5) is 4.39 Å². The average Bonchev–Trinajstić information content (AvgIpc) is 2.16. The molecular formula is C10H13FN2O2. The zero-order valence-corrected chi connectivity index (χ0v) is 8.37. The molecule has 0 saturated heterocycles. The normalized spacial score (nSPS) is 12.2. The zero-order chi connectivity index (χ0) is 11.4. The van der Waals surface area contributed by atoms with E-state index in [1.807, 2.05) is 0 Å². The molecule has 82 valence electrons. The first-order valence-corrected chi connectivity index (χ1v) is 4.42. The van der Waals surface area contributed by atoms with Crippen molar-refractivity contribution in [1.82, 2.24) is 0 Å². The fourth-order valence-corrected chi connectivity index (χ4v) is 1.25. The number of rotatable bonds is 4. The van der Waals surface area contributed by atoms with Gasteiger partial charge in [0.1, 0.15) is 0 Å². The molecule has 0 saturated carbocycles. The van der Waals surface area contributed by atoms with Crippen LogP contribution >= 0.6 is 0 Å². The van der Waals surface area contributed by atoms with Crippen LogP contribution in [0.2, 0.25) is 0 Å². The van der Waals surface area contributed by atoms with Gasteiger partial charge in [-0.1, -0.05) is 6.07 Å². The number of carbonyl (C=O) groups excluding carboxylic acids is 1. The second kappa shape index (κ2) is 4.75. The smallest absolute Gasteiger partial charge is 0.219 e. The van der Waals surface area contributed by atoms with E-state index in [4.69, 9.17) is 16.2 Å². The molecule has 0 unspecified atom stereocenters. The van der Waals surface area contributed by atoms with E-state index < -0.39 is 17.8 Å². The fourth-order valence-electron chi connectivity index (χ4n) is 1.25. The molecule has 1 amide bonds. The van der Waals surface area contributed by atoms with E-state index in [1.165, 1.54) is 19.2 Å². The van der Waals surface area contributed by atoms with Crippen molar-refractivity contribution in [3.05, 3.63) is 29.6 Å². The molecule has 5 heteroatoms. The molecule has 0 fully saturated rings. The molecule has 15 heavy (non-hydrogen) atoms. The molecular weight excluding hydrogens is 199 g/mol. The highest BCUT2D eigenvalue weighted by molar-refractivity contribution is 5.74. The van der Waals surface area contributed by atoms with Gasteiger partial charge < -0.3 is 16.2 Å². The summed E-state index contributed by atoms with van der Waals surface area (Å²) in [5.41, 5.74) is 11.2. The number of benzene rings is 1. The monoisotopic (exact) mass is 212 g/mol. The van der Waals surface area contributed by atoms with Crippen LogP contribution < -0.4 is 16.2 Å². The topological polar surface area (TPSA) is 78.3 Å². The quantitative estimate of drug-likeness (QED) is 0.771. The van der Waals surface area contributed by atoms with Gasteiger partial charge in [-0.25, -0.2) is 4.39 Å². The van der Waals surface area contributed by atoms with E-state index in [-0.39, 0.29) is 12.2 Å². The van der Waals surface area contributed by atoms with Gasteiger partial charge in [0, 0.05) is 12.5 Å². The van der Waals surface area contributed by atoms with Crippen LogP contribution in [-0.2, 0) is 4.79 Å². The van der Waals surface area contributed by atoms with Gasteiger partial charge in [-0.15, -0.1) is 0 Å². The molecule has 1 aromatic rings. The van der Waals surface area contributed by atoms with Gasteiger partial charge in [-0.2, -0.15) is 0 Å². The summed E-state index contributed by atoms with van der Waals surface area (Å²) >= 11 is 0. The number of hydrogen-bond acceptors (Lipinski definition) is 3. The fraction of sp³-hybridized carbons (Fsp3) is 0.300. The van der Waals surface area contributed by atoms with Crippen LogP contribution in [0.15, 0.2) is 18.2 Å². The Bertz CT molecular complexity index is 368. The van der Waals surface area contributed by atoms with Gasteiger partial charge in [0.25, 0.3) is 0 Å². The second-order valence-electron chi connectivity index (χ2n) is 3.17. The molecule has 0 heterocycles. The molecule has 0 aromatic heterocycles. The van der Waals surface area contributed by atoms with Crippen molar-refractivity contribution in [3.8, 4) is 5.75 Å². The first kappa shape index (κ1) is 11.5. The van der Waals surface area contributed by atoms with Gasteiger partial charge in [-0.05, 0) is 17.7 Å². The number of methoxy groups -OCH3 is 1. The van der Waals surface area contributed by atoms with Crippen molar-refractivity contribution in [3.63, 3.8) is 0 Å². The Morgan fingerprint density at radius 3 is 2.73 bits per heavy atom. The van der Waals surface area contributed by atoms with Crippen molar-refractivity contribution in [2.24, 2.45) is 11.5 Å². The van der Waals surface area contributed by atoms with Crippen LogP contribution in [0.25, 0.3) is 0 Å². The van der Waals surface area contributed by atoms with E-state index in [2.05, 4.69) is 0 Å². The number of nitrogens with two attached hydrogens (primary N) is 2. The first-order chi connectivity index (χ1) is 7.04. The number of primary amides is 1. The van der Waals surface area contributed by atoms with Crippen LogP contribution in [0.1, 0.15) is 18.0 Å². The lowest BCUT2D eigenvalue weighted by Gasteiger charge is -2.11. The lowest BCUT2D eigenvalue weighted by Crippen LogP contribution is -2.20. The molecule has 1 aromatic carbocycles. The van der Waals surface area contributed by atoms with Gasteiger partial charge >= 0.3 is 0 Å². The standard InChI is InChI=1S/C10H13FN2O2/c1-15-9-3-2-6(4-7(9)11)8(12)5-10(13)14/h2-4,8H,5,12H2,1H3,(H2,13,14)/t8-/m1/s1. The van der Waals surface area contributed by atoms with E-state index in [1.54, 1.807) is 6.07 Å². The van der Waals surface area contributed by atoms with Gasteiger partial charge in [-0.3, -0.25) is 4.79 Å². The maximum atomic E-state index is 13.3. The first-order valence-electron chi connectivity index (χ1n) is 4.42. The van der Waals surface area contributed by atoms with E-state index in [0.717, 1.165) is 0 Å². The molecule has 4 N–H and O–H groups in total. The van der Waals surface area contributed by atoms with Gasteiger partial charge in [0.05, 0.1) is 7.11 Å². The number of carbonyl (C=O) groups is 1. The Morgan fingerprint density at radius 2 is 2.27 bits per heavy atom. The second-order valence-corrected chi connectivity index (χ2v) is 3.17.